The van der Waals surface area contributed by atoms with Crippen LogP contribution in [0.1, 0.15) is 10.7 Å². The van der Waals surface area contributed by atoms with Gasteiger partial charge < -0.3 is 24.4 Å². The second-order valence-electron chi connectivity index (χ2n) is 8.11. The Bertz CT molecular complexity index is 1300. The Morgan fingerprint density at radius 3 is 2.59 bits per heavy atom. The molecule has 3 heterocycles. The molecule has 176 valence electrons. The van der Waals surface area contributed by atoms with Crippen LogP contribution in [0.25, 0.3) is 21.3 Å². The first-order valence-corrected chi connectivity index (χ1v) is 12.1. The monoisotopic (exact) mass is 476 g/mol. The summed E-state index contributed by atoms with van der Waals surface area (Å²) in [4.78, 5) is 14.1. The van der Waals surface area contributed by atoms with Crippen molar-refractivity contribution in [2.24, 2.45) is 0 Å². The number of anilines is 2. The molecular weight excluding hydrogens is 448 g/mol. The molecule has 1 aliphatic heterocycles. The van der Waals surface area contributed by atoms with Crippen LogP contribution in [0.5, 0.6) is 11.5 Å². The summed E-state index contributed by atoms with van der Waals surface area (Å²) in [6.07, 6.45) is 0. The number of thiophene rings is 1. The predicted octanol–water partition coefficient (Wildman–Crippen LogP) is 5.13. The first-order valence-electron chi connectivity index (χ1n) is 11.3. The van der Waals surface area contributed by atoms with Gasteiger partial charge in [-0.05, 0) is 42.8 Å². The summed E-state index contributed by atoms with van der Waals surface area (Å²) < 4.78 is 16.4. The molecule has 0 atom stereocenters. The van der Waals surface area contributed by atoms with E-state index in [1.165, 1.54) is 21.0 Å². The standard InChI is InChI=1S/C26H28N4O3S/c1-17-28-22-15-24(32-3)23(31-2)14-21(22)26(29-17)27-16-20-7-8-25(34-20)18-5-4-6-19(13-18)30-9-11-33-12-10-30/h4-8,13-15H,9-12,16H2,1-3H3,(H,27,28,29). The number of ether oxygens (including phenoxy) is 3. The number of nitrogens with zero attached hydrogens (tertiary/aromatic N) is 3. The summed E-state index contributed by atoms with van der Waals surface area (Å²) >= 11 is 1.79. The van der Waals surface area contributed by atoms with Crippen LogP contribution >= 0.6 is 11.3 Å². The molecule has 4 aromatic rings. The fraction of sp³-hybridized carbons (Fsp3) is 0.308. The predicted molar refractivity (Wildman–Crippen MR) is 137 cm³/mol. The topological polar surface area (TPSA) is 68.7 Å². The first kappa shape index (κ1) is 22.4. The first-order chi connectivity index (χ1) is 16.6. The van der Waals surface area contributed by atoms with Gasteiger partial charge in [0.2, 0.25) is 0 Å². The highest BCUT2D eigenvalue weighted by Gasteiger charge is 2.14. The lowest BCUT2D eigenvalue weighted by Crippen LogP contribution is -2.36. The zero-order valence-corrected chi connectivity index (χ0v) is 20.4. The van der Waals surface area contributed by atoms with Crippen LogP contribution in [0.15, 0.2) is 48.5 Å². The summed E-state index contributed by atoms with van der Waals surface area (Å²) in [5.41, 5.74) is 3.31. The third-order valence-electron chi connectivity index (χ3n) is 5.91. The van der Waals surface area contributed by atoms with Crippen molar-refractivity contribution in [2.45, 2.75) is 13.5 Å². The average Bonchev–Trinajstić information content (AvgIpc) is 3.36. The van der Waals surface area contributed by atoms with Gasteiger partial charge in [0.1, 0.15) is 11.6 Å². The molecule has 1 N–H and O–H groups in total. The molecule has 2 aromatic heterocycles. The number of morpholine rings is 1. The molecule has 0 aliphatic carbocycles. The third-order valence-corrected chi connectivity index (χ3v) is 7.05. The largest absolute Gasteiger partial charge is 0.493 e. The molecular formula is C26H28N4O3S. The van der Waals surface area contributed by atoms with Crippen molar-refractivity contribution in [1.29, 1.82) is 0 Å². The van der Waals surface area contributed by atoms with E-state index in [1.807, 2.05) is 19.1 Å². The summed E-state index contributed by atoms with van der Waals surface area (Å²) in [6, 6.07) is 16.9. The molecule has 0 spiro atoms. The molecule has 34 heavy (non-hydrogen) atoms. The summed E-state index contributed by atoms with van der Waals surface area (Å²) in [6.45, 7) is 6.02. The summed E-state index contributed by atoms with van der Waals surface area (Å²) in [5, 5.41) is 4.40. The van der Waals surface area contributed by atoms with Gasteiger partial charge in [-0.15, -0.1) is 11.3 Å². The maximum absolute atomic E-state index is 5.49. The van der Waals surface area contributed by atoms with E-state index in [4.69, 9.17) is 14.2 Å². The van der Waals surface area contributed by atoms with Crippen molar-refractivity contribution in [3.63, 3.8) is 0 Å². The molecule has 1 fully saturated rings. The lowest BCUT2D eigenvalue weighted by atomic mass is 10.1. The average molecular weight is 477 g/mol. The van der Waals surface area contributed by atoms with Gasteiger partial charge in [0.05, 0.1) is 39.5 Å². The Kier molecular flexibility index (Phi) is 6.51. The molecule has 0 amide bonds. The molecule has 5 rings (SSSR count). The van der Waals surface area contributed by atoms with Crippen molar-refractivity contribution in [3.05, 3.63) is 59.2 Å². The van der Waals surface area contributed by atoms with E-state index in [-0.39, 0.29) is 0 Å². The van der Waals surface area contributed by atoms with Crippen LogP contribution in [0.2, 0.25) is 0 Å². The fourth-order valence-corrected chi connectivity index (χ4v) is 5.13. The molecule has 0 bridgehead atoms. The highest BCUT2D eigenvalue weighted by atomic mass is 32.1. The normalized spacial score (nSPS) is 13.8. The summed E-state index contributed by atoms with van der Waals surface area (Å²) in [5.74, 6) is 2.80. The van der Waals surface area contributed by atoms with E-state index in [9.17, 15) is 0 Å². The number of methoxy groups -OCH3 is 2. The van der Waals surface area contributed by atoms with Gasteiger partial charge in [0.25, 0.3) is 0 Å². The van der Waals surface area contributed by atoms with E-state index in [2.05, 4.69) is 56.6 Å². The van der Waals surface area contributed by atoms with Crippen LogP contribution in [0.4, 0.5) is 11.5 Å². The van der Waals surface area contributed by atoms with Gasteiger partial charge in [0.15, 0.2) is 11.5 Å². The van der Waals surface area contributed by atoms with E-state index in [0.717, 1.165) is 43.0 Å². The maximum atomic E-state index is 5.49. The molecule has 0 radical (unpaired) electrons. The smallest absolute Gasteiger partial charge is 0.162 e. The Balaban J connectivity index is 1.36. The highest BCUT2D eigenvalue weighted by Crippen LogP contribution is 2.35. The van der Waals surface area contributed by atoms with Gasteiger partial charge in [-0.25, -0.2) is 9.97 Å². The van der Waals surface area contributed by atoms with Gasteiger partial charge in [-0.3, -0.25) is 0 Å². The zero-order valence-electron chi connectivity index (χ0n) is 19.6. The van der Waals surface area contributed by atoms with E-state index >= 15 is 0 Å². The number of hydrogen-bond acceptors (Lipinski definition) is 8. The van der Waals surface area contributed by atoms with Crippen LogP contribution in [0, 0.1) is 6.92 Å². The maximum Gasteiger partial charge on any atom is 0.162 e. The highest BCUT2D eigenvalue weighted by molar-refractivity contribution is 7.15. The zero-order chi connectivity index (χ0) is 23.5. The number of hydrogen-bond donors (Lipinski definition) is 1. The Morgan fingerprint density at radius 1 is 1.00 bits per heavy atom. The lowest BCUT2D eigenvalue weighted by molar-refractivity contribution is 0.122. The number of aromatic nitrogens is 2. The number of rotatable bonds is 7. The van der Waals surface area contributed by atoms with Gasteiger partial charge >= 0.3 is 0 Å². The minimum absolute atomic E-state index is 0.654. The van der Waals surface area contributed by atoms with Gasteiger partial charge in [0, 0.05) is 40.0 Å². The Labute approximate surface area is 203 Å². The number of aryl methyl sites for hydroxylation is 1. The molecule has 0 saturated carbocycles. The molecule has 1 saturated heterocycles. The third kappa shape index (κ3) is 4.64. The Morgan fingerprint density at radius 2 is 1.79 bits per heavy atom. The van der Waals surface area contributed by atoms with Crippen molar-refractivity contribution < 1.29 is 14.2 Å². The van der Waals surface area contributed by atoms with E-state index < -0.39 is 0 Å². The van der Waals surface area contributed by atoms with E-state index in [0.29, 0.717) is 23.9 Å². The number of nitrogens with one attached hydrogen (secondary N) is 1. The molecule has 7 nitrogen and oxygen atoms in total. The van der Waals surface area contributed by atoms with Gasteiger partial charge in [-0.2, -0.15) is 0 Å². The van der Waals surface area contributed by atoms with Crippen LogP contribution in [0.3, 0.4) is 0 Å². The second-order valence-corrected chi connectivity index (χ2v) is 9.28. The molecule has 8 heteroatoms. The van der Waals surface area contributed by atoms with Crippen LogP contribution in [-0.2, 0) is 11.3 Å². The summed E-state index contributed by atoms with van der Waals surface area (Å²) in [7, 11) is 3.26. The van der Waals surface area contributed by atoms with Crippen molar-refractivity contribution >= 4 is 33.7 Å². The minimum Gasteiger partial charge on any atom is -0.493 e. The molecule has 2 aromatic carbocycles. The van der Waals surface area contributed by atoms with Crippen LogP contribution in [-0.4, -0.2) is 50.5 Å². The van der Waals surface area contributed by atoms with Crippen molar-refractivity contribution in [1.82, 2.24) is 9.97 Å². The lowest BCUT2D eigenvalue weighted by Gasteiger charge is -2.29. The van der Waals surface area contributed by atoms with Gasteiger partial charge in [-0.1, -0.05) is 12.1 Å². The second kappa shape index (κ2) is 9.87. The van der Waals surface area contributed by atoms with Crippen molar-refractivity contribution in [3.8, 4) is 21.9 Å². The quantitative estimate of drug-likeness (QED) is 0.396. The van der Waals surface area contributed by atoms with Crippen molar-refractivity contribution in [2.75, 3.05) is 50.7 Å². The van der Waals surface area contributed by atoms with Crippen LogP contribution < -0.4 is 19.7 Å². The Hall–Kier alpha value is -3.36. The number of benzene rings is 2. The minimum atomic E-state index is 0.654. The molecule has 1 aliphatic rings. The van der Waals surface area contributed by atoms with E-state index in [1.54, 1.807) is 25.6 Å². The molecule has 0 unspecified atom stereocenters. The number of fused-ring (bicyclic) bond motifs is 1. The SMILES string of the molecule is COc1cc2nc(C)nc(NCc3ccc(-c4cccc(N5CCOCC5)c4)s3)c2cc1OC. The fourth-order valence-electron chi connectivity index (χ4n) is 4.18.